The molecule has 20 heavy (non-hydrogen) atoms. The maximum Gasteiger partial charge on any atom is 0.254 e. The summed E-state index contributed by atoms with van der Waals surface area (Å²) in [6, 6.07) is 10.7. The zero-order chi connectivity index (χ0) is 14.4. The molecule has 5 nitrogen and oxygen atoms in total. The van der Waals surface area contributed by atoms with E-state index < -0.39 is 0 Å². The fourth-order valence-corrected chi connectivity index (χ4v) is 1.79. The number of aromatic nitrogens is 1. The van der Waals surface area contributed by atoms with Crippen molar-refractivity contribution in [2.75, 3.05) is 19.4 Å². The van der Waals surface area contributed by atoms with Gasteiger partial charge in [-0.15, -0.1) is 0 Å². The molecule has 0 bridgehead atoms. The molecular formula is C15H17N3O2. The molecule has 0 atom stereocenters. The minimum absolute atomic E-state index is 0.196. The Bertz CT molecular complexity index is 585. The topological polar surface area (TPSA) is 77.2 Å². The molecule has 2 aromatic rings. The predicted octanol–water partition coefficient (Wildman–Crippen LogP) is 1.64. The van der Waals surface area contributed by atoms with Gasteiger partial charge in [0.2, 0.25) is 0 Å². The standard InChI is InChI=1S/C15H17N3O2/c1-17-15(19)13-6-5-11(16)10-14(13)20-9-7-12-4-2-3-8-18-12/h2-6,8,10H,7,9,16H2,1H3,(H,17,19). The molecule has 0 aliphatic heterocycles. The number of ether oxygens (including phenoxy) is 1. The van der Waals surface area contributed by atoms with Crippen LogP contribution in [-0.4, -0.2) is 24.5 Å². The zero-order valence-electron chi connectivity index (χ0n) is 11.3. The smallest absolute Gasteiger partial charge is 0.254 e. The lowest BCUT2D eigenvalue weighted by Crippen LogP contribution is -2.19. The molecule has 1 heterocycles. The third-order valence-electron chi connectivity index (χ3n) is 2.82. The Hall–Kier alpha value is -2.56. The molecular weight excluding hydrogens is 254 g/mol. The number of hydrogen-bond acceptors (Lipinski definition) is 4. The third kappa shape index (κ3) is 3.47. The largest absolute Gasteiger partial charge is 0.492 e. The average Bonchev–Trinajstić information content (AvgIpc) is 2.48. The minimum atomic E-state index is -0.196. The van der Waals surface area contributed by atoms with Crippen LogP contribution < -0.4 is 15.8 Å². The maximum atomic E-state index is 11.7. The van der Waals surface area contributed by atoms with E-state index in [-0.39, 0.29) is 5.91 Å². The second-order valence-electron chi connectivity index (χ2n) is 4.25. The SMILES string of the molecule is CNC(=O)c1ccc(N)cc1OCCc1ccccn1. The summed E-state index contributed by atoms with van der Waals surface area (Å²) >= 11 is 0. The van der Waals surface area contributed by atoms with Crippen LogP contribution in [0.3, 0.4) is 0 Å². The van der Waals surface area contributed by atoms with E-state index in [2.05, 4.69) is 10.3 Å². The van der Waals surface area contributed by atoms with Gasteiger partial charge in [0.1, 0.15) is 5.75 Å². The van der Waals surface area contributed by atoms with Gasteiger partial charge in [-0.25, -0.2) is 0 Å². The number of hydrogen-bond donors (Lipinski definition) is 2. The van der Waals surface area contributed by atoms with E-state index in [9.17, 15) is 4.79 Å². The van der Waals surface area contributed by atoms with E-state index in [0.29, 0.717) is 30.0 Å². The first kappa shape index (κ1) is 13.9. The van der Waals surface area contributed by atoms with Crippen molar-refractivity contribution >= 4 is 11.6 Å². The molecule has 0 saturated carbocycles. The van der Waals surface area contributed by atoms with E-state index in [1.165, 1.54) is 0 Å². The highest BCUT2D eigenvalue weighted by atomic mass is 16.5. The molecule has 1 aromatic heterocycles. The van der Waals surface area contributed by atoms with Gasteiger partial charge in [-0.05, 0) is 24.3 Å². The Kier molecular flexibility index (Phi) is 4.55. The molecule has 0 aliphatic carbocycles. The quantitative estimate of drug-likeness (QED) is 0.810. The second-order valence-corrected chi connectivity index (χ2v) is 4.25. The van der Waals surface area contributed by atoms with Crippen molar-refractivity contribution in [1.82, 2.24) is 10.3 Å². The van der Waals surface area contributed by atoms with Crippen LogP contribution in [0.4, 0.5) is 5.69 Å². The summed E-state index contributed by atoms with van der Waals surface area (Å²) in [6.07, 6.45) is 2.41. The van der Waals surface area contributed by atoms with Crippen molar-refractivity contribution in [2.45, 2.75) is 6.42 Å². The zero-order valence-corrected chi connectivity index (χ0v) is 11.3. The third-order valence-corrected chi connectivity index (χ3v) is 2.82. The van der Waals surface area contributed by atoms with Crippen molar-refractivity contribution in [2.24, 2.45) is 0 Å². The Labute approximate surface area is 117 Å². The first-order chi connectivity index (χ1) is 9.70. The van der Waals surface area contributed by atoms with Crippen LogP contribution in [0.25, 0.3) is 0 Å². The average molecular weight is 271 g/mol. The van der Waals surface area contributed by atoms with Gasteiger partial charge in [0.05, 0.1) is 12.2 Å². The fraction of sp³-hybridized carbons (Fsp3) is 0.200. The summed E-state index contributed by atoms with van der Waals surface area (Å²) < 4.78 is 5.66. The molecule has 3 N–H and O–H groups in total. The molecule has 1 aromatic carbocycles. The van der Waals surface area contributed by atoms with Crippen molar-refractivity contribution in [3.8, 4) is 5.75 Å². The molecule has 0 radical (unpaired) electrons. The van der Waals surface area contributed by atoms with Gasteiger partial charge in [0.25, 0.3) is 5.91 Å². The molecule has 0 spiro atoms. The number of pyridine rings is 1. The van der Waals surface area contributed by atoms with E-state index in [1.807, 2.05) is 18.2 Å². The number of nitrogens with zero attached hydrogens (tertiary/aromatic N) is 1. The van der Waals surface area contributed by atoms with E-state index in [1.54, 1.807) is 31.4 Å². The van der Waals surface area contributed by atoms with Crippen molar-refractivity contribution < 1.29 is 9.53 Å². The van der Waals surface area contributed by atoms with Crippen LogP contribution >= 0.6 is 0 Å². The Balaban J connectivity index is 2.05. The Morgan fingerprint density at radius 2 is 2.20 bits per heavy atom. The number of benzene rings is 1. The highest BCUT2D eigenvalue weighted by Crippen LogP contribution is 2.22. The first-order valence-electron chi connectivity index (χ1n) is 6.35. The predicted molar refractivity (Wildman–Crippen MR) is 77.7 cm³/mol. The first-order valence-corrected chi connectivity index (χ1v) is 6.35. The van der Waals surface area contributed by atoms with Gasteiger partial charge >= 0.3 is 0 Å². The van der Waals surface area contributed by atoms with Crippen molar-refractivity contribution in [1.29, 1.82) is 0 Å². The second kappa shape index (κ2) is 6.56. The van der Waals surface area contributed by atoms with Crippen LogP contribution in [0.15, 0.2) is 42.6 Å². The molecule has 2 rings (SSSR count). The van der Waals surface area contributed by atoms with Crippen LogP contribution in [0, 0.1) is 0 Å². The molecule has 0 aliphatic rings. The van der Waals surface area contributed by atoms with Gasteiger partial charge in [0.15, 0.2) is 0 Å². The number of carbonyl (C=O) groups is 1. The van der Waals surface area contributed by atoms with E-state index >= 15 is 0 Å². The van der Waals surface area contributed by atoms with Gasteiger partial charge in [-0.3, -0.25) is 9.78 Å². The van der Waals surface area contributed by atoms with Gasteiger partial charge < -0.3 is 15.8 Å². The van der Waals surface area contributed by atoms with Crippen LogP contribution in [-0.2, 0) is 6.42 Å². The number of nitrogens with one attached hydrogen (secondary N) is 1. The Morgan fingerprint density at radius 3 is 2.90 bits per heavy atom. The lowest BCUT2D eigenvalue weighted by molar-refractivity contribution is 0.0959. The lowest BCUT2D eigenvalue weighted by atomic mass is 10.1. The van der Waals surface area contributed by atoms with Crippen LogP contribution in [0.2, 0.25) is 0 Å². The minimum Gasteiger partial charge on any atom is -0.492 e. The molecule has 1 amide bonds. The summed E-state index contributed by atoms with van der Waals surface area (Å²) in [4.78, 5) is 16.0. The molecule has 5 heteroatoms. The number of anilines is 1. The number of carbonyl (C=O) groups excluding carboxylic acids is 1. The maximum absolute atomic E-state index is 11.7. The van der Waals surface area contributed by atoms with Gasteiger partial charge in [-0.2, -0.15) is 0 Å². The lowest BCUT2D eigenvalue weighted by Gasteiger charge is -2.11. The summed E-state index contributed by atoms with van der Waals surface area (Å²) in [5, 5.41) is 2.58. The molecule has 0 unspecified atom stereocenters. The summed E-state index contributed by atoms with van der Waals surface area (Å²) in [6.45, 7) is 0.435. The number of nitrogens with two attached hydrogens (primary N) is 1. The molecule has 0 saturated heterocycles. The highest BCUT2D eigenvalue weighted by molar-refractivity contribution is 5.97. The molecule has 104 valence electrons. The molecule has 0 fully saturated rings. The number of rotatable bonds is 5. The van der Waals surface area contributed by atoms with Crippen LogP contribution in [0.1, 0.15) is 16.1 Å². The number of amides is 1. The fourth-order valence-electron chi connectivity index (χ4n) is 1.79. The van der Waals surface area contributed by atoms with Gasteiger partial charge in [0, 0.05) is 37.1 Å². The summed E-state index contributed by atoms with van der Waals surface area (Å²) in [5.41, 5.74) is 7.71. The number of nitrogen functional groups attached to an aromatic ring is 1. The van der Waals surface area contributed by atoms with Crippen molar-refractivity contribution in [3.05, 3.63) is 53.9 Å². The Morgan fingerprint density at radius 1 is 1.35 bits per heavy atom. The summed E-state index contributed by atoms with van der Waals surface area (Å²) in [5.74, 6) is 0.290. The van der Waals surface area contributed by atoms with E-state index in [0.717, 1.165) is 5.69 Å². The van der Waals surface area contributed by atoms with Crippen LogP contribution in [0.5, 0.6) is 5.75 Å². The van der Waals surface area contributed by atoms with Crippen molar-refractivity contribution in [3.63, 3.8) is 0 Å². The monoisotopic (exact) mass is 271 g/mol. The van der Waals surface area contributed by atoms with Gasteiger partial charge in [-0.1, -0.05) is 6.07 Å². The highest BCUT2D eigenvalue weighted by Gasteiger charge is 2.11. The van der Waals surface area contributed by atoms with E-state index in [4.69, 9.17) is 10.5 Å². The summed E-state index contributed by atoms with van der Waals surface area (Å²) in [7, 11) is 1.58. The normalized spacial score (nSPS) is 10.1.